The van der Waals surface area contributed by atoms with Gasteiger partial charge in [0.25, 0.3) is 5.91 Å². The smallest absolute Gasteiger partial charge is 0.263 e. The second kappa shape index (κ2) is 7.90. The molecule has 0 spiro atoms. The first-order valence-corrected chi connectivity index (χ1v) is 9.30. The van der Waals surface area contributed by atoms with Crippen molar-refractivity contribution in [3.8, 4) is 10.6 Å². The lowest BCUT2D eigenvalue weighted by Crippen LogP contribution is -2.31. The Hall–Kier alpha value is -1.73. The highest BCUT2D eigenvalue weighted by Crippen LogP contribution is 2.26. The number of amides is 1. The monoisotopic (exact) mass is 348 g/mol. The Morgan fingerprint density at radius 2 is 2.25 bits per heavy atom. The average Bonchev–Trinajstić information content (AvgIpc) is 3.21. The number of carbonyl (C=O) groups is 1. The predicted octanol–water partition coefficient (Wildman–Crippen LogP) is 2.87. The van der Waals surface area contributed by atoms with E-state index in [9.17, 15) is 4.79 Å². The molecule has 2 aromatic rings. The van der Waals surface area contributed by atoms with Crippen LogP contribution in [0.5, 0.6) is 0 Å². The quantitative estimate of drug-likeness (QED) is 0.815. The minimum absolute atomic E-state index is 0.0945. The summed E-state index contributed by atoms with van der Waals surface area (Å²) in [7, 11) is 1.86. The molecule has 2 atom stereocenters. The molecule has 2 aromatic heterocycles. The fraction of sp³-hybridized carbons (Fsp3) is 0.588. The third-order valence-corrected chi connectivity index (χ3v) is 5.48. The van der Waals surface area contributed by atoms with E-state index in [1.807, 2.05) is 13.2 Å². The molecular weight excluding hydrogens is 324 g/mol. The maximum absolute atomic E-state index is 12.2. The van der Waals surface area contributed by atoms with Crippen molar-refractivity contribution < 1.29 is 9.53 Å². The topological polar surface area (TPSA) is 69.0 Å². The molecular formula is C17H24N4O2S. The Morgan fingerprint density at radius 3 is 3.00 bits per heavy atom. The van der Waals surface area contributed by atoms with Crippen LogP contribution < -0.4 is 5.32 Å². The van der Waals surface area contributed by atoms with Crippen LogP contribution in [0.15, 0.2) is 18.6 Å². The molecule has 0 aliphatic heterocycles. The first-order chi connectivity index (χ1) is 11.6. The second-order valence-corrected chi connectivity index (χ2v) is 7.39. The van der Waals surface area contributed by atoms with Crippen LogP contribution in [-0.2, 0) is 11.8 Å². The lowest BCUT2D eigenvalue weighted by molar-refractivity contribution is -0.00292. The van der Waals surface area contributed by atoms with E-state index in [1.54, 1.807) is 17.1 Å². The SMILES string of the molecule is CC1CCCCC1OCCNC(=O)c1cnc(-c2cnn(C)c2)s1. The van der Waals surface area contributed by atoms with Crippen LogP contribution in [0.1, 0.15) is 42.3 Å². The van der Waals surface area contributed by atoms with E-state index in [2.05, 4.69) is 22.3 Å². The molecule has 0 bridgehead atoms. The molecule has 1 N–H and O–H groups in total. The summed E-state index contributed by atoms with van der Waals surface area (Å²) in [6.07, 6.45) is 10.5. The molecule has 24 heavy (non-hydrogen) atoms. The molecule has 0 saturated heterocycles. The summed E-state index contributed by atoms with van der Waals surface area (Å²) in [6.45, 7) is 3.34. The molecule has 2 unspecified atom stereocenters. The van der Waals surface area contributed by atoms with Crippen LogP contribution in [0.25, 0.3) is 10.6 Å². The van der Waals surface area contributed by atoms with Gasteiger partial charge in [0.05, 0.1) is 25.1 Å². The van der Waals surface area contributed by atoms with Gasteiger partial charge in [0.15, 0.2) is 0 Å². The standard InChI is InChI=1S/C17H24N4O2S/c1-12-5-3-4-6-14(12)23-8-7-18-16(22)15-10-19-17(24-15)13-9-20-21(2)11-13/h9-12,14H,3-8H2,1-2H3,(H,18,22). The Kier molecular flexibility index (Phi) is 5.63. The zero-order valence-electron chi connectivity index (χ0n) is 14.2. The van der Waals surface area contributed by atoms with Crippen molar-refractivity contribution in [3.63, 3.8) is 0 Å². The fourth-order valence-electron chi connectivity index (χ4n) is 3.04. The van der Waals surface area contributed by atoms with Gasteiger partial charge in [-0.1, -0.05) is 19.8 Å². The van der Waals surface area contributed by atoms with Crippen molar-refractivity contribution in [2.75, 3.05) is 13.2 Å². The van der Waals surface area contributed by atoms with Crippen LogP contribution in [0.4, 0.5) is 0 Å². The van der Waals surface area contributed by atoms with Crippen LogP contribution >= 0.6 is 11.3 Å². The molecule has 3 rings (SSSR count). The van der Waals surface area contributed by atoms with Gasteiger partial charge in [-0.2, -0.15) is 5.10 Å². The number of rotatable bonds is 6. The van der Waals surface area contributed by atoms with Gasteiger partial charge in [-0.3, -0.25) is 9.48 Å². The third kappa shape index (κ3) is 4.21. The van der Waals surface area contributed by atoms with Crippen molar-refractivity contribution in [3.05, 3.63) is 23.5 Å². The summed E-state index contributed by atoms with van der Waals surface area (Å²) >= 11 is 1.38. The summed E-state index contributed by atoms with van der Waals surface area (Å²) in [5.41, 5.74) is 0.927. The van der Waals surface area contributed by atoms with Crippen LogP contribution in [0.2, 0.25) is 0 Å². The molecule has 7 heteroatoms. The van der Waals surface area contributed by atoms with Gasteiger partial charge in [-0.15, -0.1) is 11.3 Å². The van der Waals surface area contributed by atoms with Gasteiger partial charge >= 0.3 is 0 Å². The van der Waals surface area contributed by atoms with E-state index in [4.69, 9.17) is 4.74 Å². The third-order valence-electron chi connectivity index (χ3n) is 4.43. The highest BCUT2D eigenvalue weighted by atomic mass is 32.1. The summed E-state index contributed by atoms with van der Waals surface area (Å²) in [5, 5.41) is 7.84. The number of thiazole rings is 1. The Balaban J connectivity index is 1.44. The number of aryl methyl sites for hydroxylation is 1. The van der Waals surface area contributed by atoms with Crippen molar-refractivity contribution in [1.29, 1.82) is 0 Å². The van der Waals surface area contributed by atoms with Crippen molar-refractivity contribution in [1.82, 2.24) is 20.1 Å². The predicted molar refractivity (Wildman–Crippen MR) is 94.0 cm³/mol. The highest BCUT2D eigenvalue weighted by Gasteiger charge is 2.21. The van der Waals surface area contributed by atoms with Gasteiger partial charge < -0.3 is 10.1 Å². The second-order valence-electron chi connectivity index (χ2n) is 6.36. The molecule has 0 aromatic carbocycles. The van der Waals surface area contributed by atoms with E-state index in [1.165, 1.54) is 30.6 Å². The van der Waals surface area contributed by atoms with Gasteiger partial charge in [0, 0.05) is 25.4 Å². The summed E-state index contributed by atoms with van der Waals surface area (Å²) < 4.78 is 7.64. The molecule has 6 nitrogen and oxygen atoms in total. The van der Waals surface area contributed by atoms with E-state index >= 15 is 0 Å². The molecule has 1 saturated carbocycles. The summed E-state index contributed by atoms with van der Waals surface area (Å²) in [5.74, 6) is 0.529. The number of carbonyl (C=O) groups excluding carboxylic acids is 1. The average molecular weight is 348 g/mol. The number of nitrogens with zero attached hydrogens (tertiary/aromatic N) is 3. The van der Waals surface area contributed by atoms with Crippen molar-refractivity contribution in [2.45, 2.75) is 38.7 Å². The zero-order chi connectivity index (χ0) is 16.9. The summed E-state index contributed by atoms with van der Waals surface area (Å²) in [4.78, 5) is 17.1. The Morgan fingerprint density at radius 1 is 1.42 bits per heavy atom. The minimum atomic E-state index is -0.0945. The zero-order valence-corrected chi connectivity index (χ0v) is 15.0. The van der Waals surface area contributed by atoms with Crippen LogP contribution in [0, 0.1) is 5.92 Å². The Labute approximate surface area is 146 Å². The molecule has 2 heterocycles. The normalized spacial score (nSPS) is 20.9. The van der Waals surface area contributed by atoms with Crippen LogP contribution in [-0.4, -0.2) is 39.9 Å². The van der Waals surface area contributed by atoms with Gasteiger partial charge in [0.1, 0.15) is 9.88 Å². The van der Waals surface area contributed by atoms with E-state index in [-0.39, 0.29) is 5.91 Å². The van der Waals surface area contributed by atoms with E-state index in [0.29, 0.717) is 30.1 Å². The largest absolute Gasteiger partial charge is 0.376 e. The number of hydrogen-bond donors (Lipinski definition) is 1. The number of nitrogens with one attached hydrogen (secondary N) is 1. The van der Waals surface area contributed by atoms with Crippen LogP contribution in [0.3, 0.4) is 0 Å². The van der Waals surface area contributed by atoms with Crippen molar-refractivity contribution >= 4 is 17.2 Å². The molecule has 1 amide bonds. The molecule has 1 aliphatic carbocycles. The maximum atomic E-state index is 12.2. The first-order valence-electron chi connectivity index (χ1n) is 8.48. The summed E-state index contributed by atoms with van der Waals surface area (Å²) in [6, 6.07) is 0. The van der Waals surface area contributed by atoms with E-state index < -0.39 is 0 Å². The fourth-order valence-corrected chi connectivity index (χ4v) is 3.84. The first kappa shape index (κ1) is 17.1. The molecule has 130 valence electrons. The van der Waals surface area contributed by atoms with Gasteiger partial charge in [-0.05, 0) is 18.8 Å². The minimum Gasteiger partial charge on any atom is -0.376 e. The molecule has 0 radical (unpaired) electrons. The number of hydrogen-bond acceptors (Lipinski definition) is 5. The van der Waals surface area contributed by atoms with E-state index in [0.717, 1.165) is 17.0 Å². The lowest BCUT2D eigenvalue weighted by atomic mass is 9.88. The van der Waals surface area contributed by atoms with Gasteiger partial charge in [-0.25, -0.2) is 4.98 Å². The lowest BCUT2D eigenvalue weighted by Gasteiger charge is -2.28. The van der Waals surface area contributed by atoms with Crippen molar-refractivity contribution in [2.24, 2.45) is 13.0 Å². The number of ether oxygens (including phenoxy) is 1. The molecule has 1 fully saturated rings. The highest BCUT2D eigenvalue weighted by molar-refractivity contribution is 7.16. The maximum Gasteiger partial charge on any atom is 0.263 e. The van der Waals surface area contributed by atoms with Gasteiger partial charge in [0.2, 0.25) is 0 Å². The Bertz CT molecular complexity index is 682. The number of aromatic nitrogens is 3. The molecule has 1 aliphatic rings.